The first-order valence-corrected chi connectivity index (χ1v) is 7.14. The van der Waals surface area contributed by atoms with E-state index in [1.54, 1.807) is 12.1 Å². The van der Waals surface area contributed by atoms with Gasteiger partial charge in [-0.25, -0.2) is 0 Å². The fourth-order valence-electron chi connectivity index (χ4n) is 2.19. The summed E-state index contributed by atoms with van der Waals surface area (Å²) in [5.74, 6) is 6.08. The second-order valence-electron chi connectivity index (χ2n) is 5.00. The molecule has 0 aliphatic rings. The van der Waals surface area contributed by atoms with Gasteiger partial charge in [-0.1, -0.05) is 54.3 Å². The van der Waals surface area contributed by atoms with Crippen LogP contribution in [0.15, 0.2) is 78.9 Å². The number of rotatable bonds is 2. The minimum atomic E-state index is -0.417. The van der Waals surface area contributed by atoms with Crippen molar-refractivity contribution >= 4 is 5.69 Å². The van der Waals surface area contributed by atoms with Gasteiger partial charge in [-0.2, -0.15) is 0 Å². The fraction of sp³-hybridized carbons (Fsp3) is 0. The molecule has 3 rings (SSSR count). The first-order valence-electron chi connectivity index (χ1n) is 7.14. The normalized spacial score (nSPS) is 9.74. The van der Waals surface area contributed by atoms with E-state index in [0.717, 1.165) is 16.7 Å². The highest BCUT2D eigenvalue weighted by molar-refractivity contribution is 5.64. The lowest BCUT2D eigenvalue weighted by Crippen LogP contribution is -1.86. The van der Waals surface area contributed by atoms with E-state index in [1.165, 1.54) is 17.7 Å². The summed E-state index contributed by atoms with van der Waals surface area (Å²) >= 11 is 0. The Kier molecular flexibility index (Phi) is 4.17. The van der Waals surface area contributed by atoms with Crippen LogP contribution in [0.4, 0.5) is 5.69 Å². The monoisotopic (exact) mass is 299 g/mol. The molecule has 3 nitrogen and oxygen atoms in total. The average molecular weight is 299 g/mol. The molecule has 0 N–H and O–H groups in total. The molecule has 3 aromatic carbocycles. The van der Waals surface area contributed by atoms with E-state index in [9.17, 15) is 10.1 Å². The summed E-state index contributed by atoms with van der Waals surface area (Å²) in [7, 11) is 0. The molecular weight excluding hydrogens is 286 g/mol. The summed E-state index contributed by atoms with van der Waals surface area (Å²) in [6, 6.07) is 24.4. The van der Waals surface area contributed by atoms with Crippen molar-refractivity contribution < 1.29 is 4.92 Å². The minimum Gasteiger partial charge on any atom is -0.258 e. The van der Waals surface area contributed by atoms with Crippen LogP contribution in [0, 0.1) is 22.0 Å². The third kappa shape index (κ3) is 3.63. The first kappa shape index (κ1) is 14.6. The number of benzene rings is 3. The van der Waals surface area contributed by atoms with Gasteiger partial charge in [0.05, 0.1) is 4.92 Å². The van der Waals surface area contributed by atoms with Crippen molar-refractivity contribution in [2.24, 2.45) is 0 Å². The van der Waals surface area contributed by atoms with Crippen molar-refractivity contribution in [3.8, 4) is 23.0 Å². The number of nitro groups is 1. The molecule has 0 aromatic heterocycles. The molecule has 0 amide bonds. The highest BCUT2D eigenvalue weighted by Gasteiger charge is 2.02. The fourth-order valence-corrected chi connectivity index (χ4v) is 2.19. The van der Waals surface area contributed by atoms with Crippen molar-refractivity contribution in [3.05, 3.63) is 100 Å². The summed E-state index contributed by atoms with van der Waals surface area (Å²) in [5.41, 5.74) is 4.04. The molecule has 0 saturated carbocycles. The summed E-state index contributed by atoms with van der Waals surface area (Å²) in [6.07, 6.45) is 0. The molecule has 23 heavy (non-hydrogen) atoms. The molecule has 0 spiro atoms. The van der Waals surface area contributed by atoms with Crippen molar-refractivity contribution in [1.29, 1.82) is 0 Å². The second kappa shape index (κ2) is 6.59. The molecule has 0 saturated heterocycles. The highest BCUT2D eigenvalue weighted by atomic mass is 16.6. The maximum Gasteiger partial charge on any atom is 0.269 e. The van der Waals surface area contributed by atoms with Gasteiger partial charge < -0.3 is 0 Å². The van der Waals surface area contributed by atoms with Crippen LogP contribution in [0.1, 0.15) is 11.1 Å². The van der Waals surface area contributed by atoms with Crippen LogP contribution < -0.4 is 0 Å². The number of hydrogen-bond donors (Lipinski definition) is 0. The lowest BCUT2D eigenvalue weighted by molar-refractivity contribution is -0.384. The van der Waals surface area contributed by atoms with Crippen LogP contribution in [-0.4, -0.2) is 4.92 Å². The van der Waals surface area contributed by atoms with Gasteiger partial charge in [0.1, 0.15) is 0 Å². The van der Waals surface area contributed by atoms with E-state index in [2.05, 4.69) is 24.0 Å². The molecule has 0 bridgehead atoms. The van der Waals surface area contributed by atoms with Crippen LogP contribution in [0.2, 0.25) is 0 Å². The zero-order chi connectivity index (χ0) is 16.1. The molecule has 110 valence electrons. The number of hydrogen-bond acceptors (Lipinski definition) is 2. The Hall–Kier alpha value is -3.38. The molecule has 0 fully saturated rings. The van der Waals surface area contributed by atoms with Gasteiger partial charge in [0.15, 0.2) is 0 Å². The topological polar surface area (TPSA) is 43.1 Å². The van der Waals surface area contributed by atoms with Gasteiger partial charge in [-0.15, -0.1) is 0 Å². The Labute approximate surface area is 134 Å². The van der Waals surface area contributed by atoms with Crippen molar-refractivity contribution in [3.63, 3.8) is 0 Å². The Bertz CT molecular complexity index is 871. The molecule has 3 aromatic rings. The lowest BCUT2D eigenvalue weighted by Gasteiger charge is -2.00. The summed E-state index contributed by atoms with van der Waals surface area (Å²) in [4.78, 5) is 10.2. The zero-order valence-corrected chi connectivity index (χ0v) is 12.3. The van der Waals surface area contributed by atoms with E-state index >= 15 is 0 Å². The van der Waals surface area contributed by atoms with Gasteiger partial charge >= 0.3 is 0 Å². The van der Waals surface area contributed by atoms with Gasteiger partial charge in [-0.05, 0) is 35.4 Å². The third-order valence-corrected chi connectivity index (χ3v) is 3.42. The van der Waals surface area contributed by atoms with Gasteiger partial charge in [0.25, 0.3) is 5.69 Å². The Morgan fingerprint density at radius 1 is 0.652 bits per heavy atom. The van der Waals surface area contributed by atoms with Crippen molar-refractivity contribution in [2.75, 3.05) is 0 Å². The number of nitrogens with zero attached hydrogens (tertiary/aromatic N) is 1. The molecule has 0 radical (unpaired) electrons. The van der Waals surface area contributed by atoms with E-state index in [0.29, 0.717) is 0 Å². The molecule has 0 unspecified atom stereocenters. The lowest BCUT2D eigenvalue weighted by atomic mass is 10.0. The molecule has 3 heteroatoms. The molecular formula is C20H13NO2. The van der Waals surface area contributed by atoms with Crippen LogP contribution in [0.25, 0.3) is 11.1 Å². The SMILES string of the molecule is O=[N+]([O-])c1ccc(C#Cc2ccc(-c3ccccc3)cc2)cc1. The predicted molar refractivity (Wildman–Crippen MR) is 91.0 cm³/mol. The quantitative estimate of drug-likeness (QED) is 0.392. The largest absolute Gasteiger partial charge is 0.269 e. The number of nitro benzene ring substituents is 1. The van der Waals surface area contributed by atoms with E-state index < -0.39 is 4.92 Å². The van der Waals surface area contributed by atoms with Crippen LogP contribution >= 0.6 is 0 Å². The summed E-state index contributed by atoms with van der Waals surface area (Å²) in [6.45, 7) is 0. The third-order valence-electron chi connectivity index (χ3n) is 3.42. The second-order valence-corrected chi connectivity index (χ2v) is 5.00. The van der Waals surface area contributed by atoms with E-state index in [4.69, 9.17) is 0 Å². The van der Waals surface area contributed by atoms with E-state index in [-0.39, 0.29) is 5.69 Å². The summed E-state index contributed by atoms with van der Waals surface area (Å²) in [5, 5.41) is 10.6. The van der Waals surface area contributed by atoms with E-state index in [1.807, 2.05) is 42.5 Å². The Morgan fingerprint density at radius 3 is 1.65 bits per heavy atom. The first-order chi connectivity index (χ1) is 11.2. The van der Waals surface area contributed by atoms with Gasteiger partial charge in [-0.3, -0.25) is 10.1 Å². The Morgan fingerprint density at radius 2 is 1.13 bits per heavy atom. The molecule has 0 aliphatic heterocycles. The van der Waals surface area contributed by atoms with Gasteiger partial charge in [0, 0.05) is 23.3 Å². The number of non-ortho nitro benzene ring substituents is 1. The maximum absolute atomic E-state index is 10.6. The highest BCUT2D eigenvalue weighted by Crippen LogP contribution is 2.19. The maximum atomic E-state index is 10.6. The Balaban J connectivity index is 1.78. The average Bonchev–Trinajstić information content (AvgIpc) is 2.61. The molecule has 0 heterocycles. The molecule has 0 aliphatic carbocycles. The van der Waals surface area contributed by atoms with Crippen molar-refractivity contribution in [1.82, 2.24) is 0 Å². The van der Waals surface area contributed by atoms with Gasteiger partial charge in [0.2, 0.25) is 0 Å². The molecule has 0 atom stereocenters. The standard InChI is InChI=1S/C20H13NO2/c22-21(23)20-14-10-17(11-15-20)7-6-16-8-12-19(13-9-16)18-4-2-1-3-5-18/h1-5,8-15H. The summed E-state index contributed by atoms with van der Waals surface area (Å²) < 4.78 is 0. The minimum absolute atomic E-state index is 0.0720. The van der Waals surface area contributed by atoms with Crippen LogP contribution in [-0.2, 0) is 0 Å². The van der Waals surface area contributed by atoms with Crippen molar-refractivity contribution in [2.45, 2.75) is 0 Å². The van der Waals surface area contributed by atoms with Crippen LogP contribution in [0.5, 0.6) is 0 Å². The predicted octanol–water partition coefficient (Wildman–Crippen LogP) is 4.66. The van der Waals surface area contributed by atoms with Crippen LogP contribution in [0.3, 0.4) is 0 Å². The smallest absolute Gasteiger partial charge is 0.258 e. The zero-order valence-electron chi connectivity index (χ0n) is 12.3.